The maximum atomic E-state index is 11.8. The molecule has 0 spiro atoms. The van der Waals surface area contributed by atoms with Crippen LogP contribution in [0.5, 0.6) is 0 Å². The number of aromatic nitrogens is 1. The lowest BCUT2D eigenvalue weighted by Gasteiger charge is -1.99. The zero-order chi connectivity index (χ0) is 11.7. The minimum Gasteiger partial charge on any atom is -0.373 e. The van der Waals surface area contributed by atoms with Crippen LogP contribution in [0.3, 0.4) is 0 Å². The molecule has 2 rings (SSSR count). The predicted molar refractivity (Wildman–Crippen MR) is 58.9 cm³/mol. The van der Waals surface area contributed by atoms with Crippen LogP contribution in [0.2, 0.25) is 5.02 Å². The molecule has 82 valence electrons. The van der Waals surface area contributed by atoms with E-state index < -0.39 is 11.5 Å². The van der Waals surface area contributed by atoms with Gasteiger partial charge in [0.1, 0.15) is 5.76 Å². The van der Waals surface area contributed by atoms with E-state index in [2.05, 4.69) is 0 Å². The molecule has 0 bridgehead atoms. The van der Waals surface area contributed by atoms with E-state index >= 15 is 0 Å². The Bertz CT molecular complexity index is 580. The Hall–Kier alpha value is -1.81. The summed E-state index contributed by atoms with van der Waals surface area (Å²) in [5, 5.41) is 0.527. The molecule has 0 saturated carbocycles. The molecule has 4 nitrogen and oxygen atoms in total. The van der Waals surface area contributed by atoms with Crippen LogP contribution in [0.4, 0.5) is 0 Å². The van der Waals surface area contributed by atoms with Gasteiger partial charge in [-0.25, -0.2) is 0 Å². The number of carbonyl (C=O) groups is 1. The van der Waals surface area contributed by atoms with Gasteiger partial charge in [0, 0.05) is 16.7 Å². The van der Waals surface area contributed by atoms with E-state index in [0.29, 0.717) is 16.3 Å². The van der Waals surface area contributed by atoms with Gasteiger partial charge < -0.3 is 4.52 Å². The van der Waals surface area contributed by atoms with Crippen LogP contribution in [0.25, 0.3) is 0 Å². The van der Waals surface area contributed by atoms with Crippen molar-refractivity contribution in [1.29, 1.82) is 0 Å². The van der Waals surface area contributed by atoms with Gasteiger partial charge in [-0.15, -0.1) is 0 Å². The van der Waals surface area contributed by atoms with Crippen molar-refractivity contribution in [2.24, 2.45) is 0 Å². The van der Waals surface area contributed by atoms with E-state index in [1.807, 2.05) is 0 Å². The van der Waals surface area contributed by atoms with Crippen LogP contribution >= 0.6 is 11.6 Å². The van der Waals surface area contributed by atoms with E-state index in [0.717, 1.165) is 4.74 Å². The van der Waals surface area contributed by atoms with Gasteiger partial charge >= 0.3 is 0 Å². The van der Waals surface area contributed by atoms with Crippen molar-refractivity contribution in [2.75, 3.05) is 0 Å². The van der Waals surface area contributed by atoms with E-state index in [-0.39, 0.29) is 0 Å². The largest absolute Gasteiger partial charge is 0.373 e. The topological polar surface area (TPSA) is 52.2 Å². The summed E-state index contributed by atoms with van der Waals surface area (Å²) in [4.78, 5) is 23.2. The molecular formula is C11H8ClNO3. The molecule has 1 aromatic carbocycles. The first-order valence-corrected chi connectivity index (χ1v) is 4.96. The summed E-state index contributed by atoms with van der Waals surface area (Å²) in [6, 6.07) is 7.49. The Balaban J connectivity index is 2.43. The SMILES string of the molecule is Cc1cc(=O)n(C(=O)c2ccc(Cl)cc2)o1. The molecule has 0 amide bonds. The Morgan fingerprint density at radius 1 is 1.31 bits per heavy atom. The minimum absolute atomic E-state index is 0.348. The number of hydrogen-bond acceptors (Lipinski definition) is 3. The van der Waals surface area contributed by atoms with Crippen LogP contribution < -0.4 is 5.56 Å². The van der Waals surface area contributed by atoms with E-state index in [4.69, 9.17) is 16.1 Å². The summed E-state index contributed by atoms with van der Waals surface area (Å²) in [5.74, 6) is -0.109. The van der Waals surface area contributed by atoms with Crippen molar-refractivity contribution in [3.8, 4) is 0 Å². The fraction of sp³-hybridized carbons (Fsp3) is 0.0909. The average molecular weight is 238 g/mol. The summed E-state index contributed by atoms with van der Waals surface area (Å²) >= 11 is 5.69. The quantitative estimate of drug-likeness (QED) is 0.763. The Morgan fingerprint density at radius 3 is 2.44 bits per heavy atom. The van der Waals surface area contributed by atoms with E-state index in [9.17, 15) is 9.59 Å². The lowest BCUT2D eigenvalue weighted by molar-refractivity contribution is 0.0834. The average Bonchev–Trinajstić information content (AvgIpc) is 2.58. The first kappa shape index (κ1) is 10.7. The number of rotatable bonds is 1. The van der Waals surface area contributed by atoms with Gasteiger partial charge in [0.2, 0.25) is 0 Å². The van der Waals surface area contributed by atoms with Crippen molar-refractivity contribution in [3.05, 3.63) is 57.0 Å². The molecule has 0 fully saturated rings. The summed E-state index contributed by atoms with van der Waals surface area (Å²) < 4.78 is 5.70. The van der Waals surface area contributed by atoms with Crippen molar-refractivity contribution in [1.82, 2.24) is 4.74 Å². The standard InChI is InChI=1S/C11H8ClNO3/c1-7-6-10(14)13(16-7)11(15)8-2-4-9(12)5-3-8/h2-6H,1H3. The molecule has 0 atom stereocenters. The molecule has 5 heteroatoms. The number of aryl methyl sites for hydroxylation is 1. The van der Waals surface area contributed by atoms with Crippen molar-refractivity contribution >= 4 is 17.5 Å². The molecule has 0 aliphatic rings. The highest BCUT2D eigenvalue weighted by molar-refractivity contribution is 6.30. The molecule has 0 aliphatic heterocycles. The molecule has 1 heterocycles. The monoisotopic (exact) mass is 237 g/mol. The Labute approximate surface area is 96.0 Å². The molecule has 16 heavy (non-hydrogen) atoms. The number of benzene rings is 1. The maximum Gasteiger partial charge on any atom is 0.294 e. The summed E-state index contributed by atoms with van der Waals surface area (Å²) in [7, 11) is 0. The molecular weight excluding hydrogens is 230 g/mol. The fourth-order valence-electron chi connectivity index (χ4n) is 1.30. The first-order valence-electron chi connectivity index (χ1n) is 4.58. The van der Waals surface area contributed by atoms with Gasteiger partial charge in [-0.05, 0) is 31.2 Å². The highest BCUT2D eigenvalue weighted by Crippen LogP contribution is 2.10. The zero-order valence-electron chi connectivity index (χ0n) is 8.44. The molecule has 0 unspecified atom stereocenters. The van der Waals surface area contributed by atoms with Crippen LogP contribution in [-0.4, -0.2) is 10.6 Å². The van der Waals surface area contributed by atoms with Crippen molar-refractivity contribution < 1.29 is 9.32 Å². The normalized spacial score (nSPS) is 10.4. The molecule has 0 aliphatic carbocycles. The van der Waals surface area contributed by atoms with Gasteiger partial charge in [0.05, 0.1) is 0 Å². The summed E-state index contributed by atoms with van der Waals surface area (Å²) in [6.45, 7) is 1.60. The van der Waals surface area contributed by atoms with E-state index in [1.165, 1.54) is 18.2 Å². The zero-order valence-corrected chi connectivity index (χ0v) is 9.19. The summed E-state index contributed by atoms with van der Waals surface area (Å²) in [5.41, 5.74) is -0.127. The smallest absolute Gasteiger partial charge is 0.294 e. The minimum atomic E-state index is -0.505. The molecule has 1 aromatic heterocycles. The third kappa shape index (κ3) is 1.92. The van der Waals surface area contributed by atoms with Gasteiger partial charge in [-0.1, -0.05) is 16.3 Å². The number of hydrogen-bond donors (Lipinski definition) is 0. The molecule has 2 aromatic rings. The molecule has 0 saturated heterocycles. The molecule has 0 radical (unpaired) electrons. The maximum absolute atomic E-state index is 11.8. The van der Waals surface area contributed by atoms with Gasteiger partial charge in [-0.3, -0.25) is 9.59 Å². The van der Waals surface area contributed by atoms with Gasteiger partial charge in [0.15, 0.2) is 0 Å². The first-order chi connectivity index (χ1) is 7.58. The third-order valence-electron chi connectivity index (χ3n) is 2.04. The Morgan fingerprint density at radius 2 is 1.94 bits per heavy atom. The second-order valence-corrected chi connectivity index (χ2v) is 3.73. The fourth-order valence-corrected chi connectivity index (χ4v) is 1.43. The number of nitrogens with zero attached hydrogens (tertiary/aromatic N) is 1. The van der Waals surface area contributed by atoms with Crippen molar-refractivity contribution in [2.45, 2.75) is 6.92 Å². The molecule has 0 N–H and O–H groups in total. The lowest BCUT2D eigenvalue weighted by atomic mass is 10.2. The second-order valence-electron chi connectivity index (χ2n) is 3.29. The van der Waals surface area contributed by atoms with Crippen LogP contribution in [0, 0.1) is 6.92 Å². The van der Waals surface area contributed by atoms with Crippen LogP contribution in [0.15, 0.2) is 39.6 Å². The van der Waals surface area contributed by atoms with Crippen LogP contribution in [-0.2, 0) is 0 Å². The third-order valence-corrected chi connectivity index (χ3v) is 2.29. The lowest BCUT2D eigenvalue weighted by Crippen LogP contribution is -2.22. The van der Waals surface area contributed by atoms with Crippen molar-refractivity contribution in [3.63, 3.8) is 0 Å². The highest BCUT2D eigenvalue weighted by atomic mass is 35.5. The Kier molecular flexibility index (Phi) is 2.66. The van der Waals surface area contributed by atoms with Gasteiger partial charge in [-0.2, -0.15) is 0 Å². The number of halogens is 1. The van der Waals surface area contributed by atoms with Crippen LogP contribution in [0.1, 0.15) is 16.1 Å². The second kappa shape index (κ2) is 3.98. The van der Waals surface area contributed by atoms with E-state index in [1.54, 1.807) is 19.1 Å². The number of carbonyl (C=O) groups excluding carboxylic acids is 1. The predicted octanol–water partition coefficient (Wildman–Crippen LogP) is 2.09. The highest BCUT2D eigenvalue weighted by Gasteiger charge is 2.13. The summed E-state index contributed by atoms with van der Waals surface area (Å²) in [6.07, 6.45) is 0. The van der Waals surface area contributed by atoms with Gasteiger partial charge in [0.25, 0.3) is 11.5 Å².